The van der Waals surface area contributed by atoms with Gasteiger partial charge in [-0.15, -0.1) is 0 Å². The van der Waals surface area contributed by atoms with Crippen molar-refractivity contribution in [3.8, 4) is 0 Å². The number of thioether (sulfide) groups is 1. The highest BCUT2D eigenvalue weighted by Gasteiger charge is 2.49. The Hall–Kier alpha value is -2.07. The SMILES string of the molecule is CSC1=NC(=Nc2c(C)cccc2C)C2(CCCCC2)N1c1cccc(C)c1. The first-order valence-electron chi connectivity index (χ1n) is 10.2. The second kappa shape index (κ2) is 7.75. The van der Waals surface area contributed by atoms with Crippen molar-refractivity contribution in [2.45, 2.75) is 58.4 Å². The smallest absolute Gasteiger partial charge is 0.170 e. The van der Waals surface area contributed by atoms with Crippen LogP contribution in [0.5, 0.6) is 0 Å². The molecule has 1 fully saturated rings. The molecule has 1 aliphatic carbocycles. The summed E-state index contributed by atoms with van der Waals surface area (Å²) in [4.78, 5) is 12.8. The molecular formula is C24H29N3S. The van der Waals surface area contributed by atoms with E-state index in [9.17, 15) is 0 Å². The lowest BCUT2D eigenvalue weighted by Crippen LogP contribution is -2.52. The Morgan fingerprint density at radius 2 is 1.64 bits per heavy atom. The number of aliphatic imine (C=N–C) groups is 2. The number of amidine groups is 2. The van der Waals surface area contributed by atoms with Gasteiger partial charge in [-0.05, 0) is 68.7 Å². The van der Waals surface area contributed by atoms with E-state index in [-0.39, 0.29) is 5.54 Å². The zero-order valence-corrected chi connectivity index (χ0v) is 18.1. The fraction of sp³-hybridized carbons (Fsp3) is 0.417. The third kappa shape index (κ3) is 3.28. The molecule has 3 nitrogen and oxygen atoms in total. The van der Waals surface area contributed by atoms with Gasteiger partial charge >= 0.3 is 0 Å². The van der Waals surface area contributed by atoms with Crippen LogP contribution in [0.15, 0.2) is 52.4 Å². The minimum Gasteiger partial charge on any atom is -0.307 e. The second-order valence-corrected chi connectivity index (χ2v) is 8.81. The van der Waals surface area contributed by atoms with E-state index >= 15 is 0 Å². The molecule has 0 saturated heterocycles. The predicted molar refractivity (Wildman–Crippen MR) is 123 cm³/mol. The van der Waals surface area contributed by atoms with Crippen molar-refractivity contribution in [2.75, 3.05) is 11.2 Å². The highest BCUT2D eigenvalue weighted by atomic mass is 32.2. The number of anilines is 1. The maximum atomic E-state index is 5.20. The van der Waals surface area contributed by atoms with Gasteiger partial charge in [-0.2, -0.15) is 0 Å². The number of aryl methyl sites for hydroxylation is 3. The normalized spacial score (nSPS) is 20.1. The highest BCUT2D eigenvalue weighted by molar-refractivity contribution is 8.13. The topological polar surface area (TPSA) is 28.0 Å². The molecule has 0 atom stereocenters. The predicted octanol–water partition coefficient (Wildman–Crippen LogP) is 6.58. The van der Waals surface area contributed by atoms with Crippen LogP contribution in [0.25, 0.3) is 0 Å². The van der Waals surface area contributed by atoms with E-state index in [0.717, 1.165) is 29.5 Å². The number of rotatable bonds is 2. The molecule has 1 saturated carbocycles. The Morgan fingerprint density at radius 3 is 2.29 bits per heavy atom. The summed E-state index contributed by atoms with van der Waals surface area (Å²) in [6.07, 6.45) is 8.10. The number of para-hydroxylation sites is 1. The van der Waals surface area contributed by atoms with E-state index in [2.05, 4.69) is 74.4 Å². The molecule has 2 aromatic carbocycles. The summed E-state index contributed by atoms with van der Waals surface area (Å²) in [5.41, 5.74) is 5.91. The van der Waals surface area contributed by atoms with Crippen molar-refractivity contribution in [1.82, 2.24) is 0 Å². The van der Waals surface area contributed by atoms with Crippen molar-refractivity contribution in [2.24, 2.45) is 9.98 Å². The minimum absolute atomic E-state index is 0.126. The number of hydrogen-bond donors (Lipinski definition) is 0. The summed E-state index contributed by atoms with van der Waals surface area (Å²) in [5, 5.41) is 1.07. The molecule has 146 valence electrons. The Morgan fingerprint density at radius 1 is 0.964 bits per heavy atom. The van der Waals surface area contributed by atoms with E-state index in [1.807, 2.05) is 0 Å². The molecule has 0 aromatic heterocycles. The van der Waals surface area contributed by atoms with Crippen LogP contribution < -0.4 is 4.90 Å². The van der Waals surface area contributed by atoms with Crippen molar-refractivity contribution in [1.29, 1.82) is 0 Å². The van der Waals surface area contributed by atoms with Gasteiger partial charge in [0.2, 0.25) is 0 Å². The van der Waals surface area contributed by atoms with E-state index in [1.165, 1.54) is 41.6 Å². The lowest BCUT2D eigenvalue weighted by molar-refractivity contribution is 0.385. The average molecular weight is 392 g/mol. The Labute approximate surface area is 173 Å². The van der Waals surface area contributed by atoms with Crippen LogP contribution in [0, 0.1) is 20.8 Å². The van der Waals surface area contributed by atoms with Gasteiger partial charge in [0.25, 0.3) is 0 Å². The first kappa shape index (κ1) is 19.3. The van der Waals surface area contributed by atoms with Gasteiger partial charge in [0.05, 0.1) is 5.69 Å². The molecule has 1 heterocycles. The van der Waals surface area contributed by atoms with Crippen LogP contribution in [0.1, 0.15) is 48.8 Å². The van der Waals surface area contributed by atoms with Crippen molar-refractivity contribution < 1.29 is 0 Å². The number of hydrogen-bond acceptors (Lipinski definition) is 3. The molecule has 2 aromatic rings. The Kier molecular flexibility index (Phi) is 5.33. The molecule has 0 bridgehead atoms. The molecule has 4 rings (SSSR count). The first-order chi connectivity index (χ1) is 13.5. The largest absolute Gasteiger partial charge is 0.307 e. The van der Waals surface area contributed by atoms with Gasteiger partial charge < -0.3 is 4.90 Å². The van der Waals surface area contributed by atoms with Crippen molar-refractivity contribution in [3.05, 3.63) is 59.2 Å². The molecule has 2 aliphatic rings. The molecule has 0 N–H and O–H groups in total. The van der Waals surface area contributed by atoms with Gasteiger partial charge in [-0.25, -0.2) is 9.98 Å². The van der Waals surface area contributed by atoms with Crippen LogP contribution in [0.4, 0.5) is 11.4 Å². The average Bonchev–Trinajstić information content (AvgIpc) is 2.98. The van der Waals surface area contributed by atoms with E-state index in [0.29, 0.717) is 0 Å². The molecular weight excluding hydrogens is 362 g/mol. The van der Waals surface area contributed by atoms with Crippen molar-refractivity contribution >= 4 is 34.1 Å². The number of benzene rings is 2. The Balaban J connectivity index is 1.89. The fourth-order valence-electron chi connectivity index (χ4n) is 4.59. The van der Waals surface area contributed by atoms with Crippen LogP contribution in [-0.4, -0.2) is 22.8 Å². The van der Waals surface area contributed by atoms with Gasteiger partial charge in [-0.3, -0.25) is 0 Å². The summed E-state index contributed by atoms with van der Waals surface area (Å²) in [6, 6.07) is 15.2. The van der Waals surface area contributed by atoms with Crippen LogP contribution >= 0.6 is 11.8 Å². The summed E-state index contributed by atoms with van der Waals surface area (Å²) >= 11 is 1.73. The minimum atomic E-state index is -0.126. The van der Waals surface area contributed by atoms with Crippen molar-refractivity contribution in [3.63, 3.8) is 0 Å². The lowest BCUT2D eigenvalue weighted by Gasteiger charge is -2.42. The summed E-state index contributed by atoms with van der Waals surface area (Å²) in [6.45, 7) is 6.45. The molecule has 4 heteroatoms. The van der Waals surface area contributed by atoms with Crippen LogP contribution in [0.2, 0.25) is 0 Å². The monoisotopic (exact) mass is 391 g/mol. The van der Waals surface area contributed by atoms with Gasteiger partial charge in [0.15, 0.2) is 11.0 Å². The zero-order chi connectivity index (χ0) is 19.7. The van der Waals surface area contributed by atoms with Crippen LogP contribution in [0.3, 0.4) is 0 Å². The standard InChI is InChI=1S/C24H29N3S/c1-17-10-8-13-20(16-17)27-23(28-4)26-22(24(27)14-6-5-7-15-24)25-21-18(2)11-9-12-19(21)3/h8-13,16H,5-7,14-15H2,1-4H3. The quantitative estimate of drug-likeness (QED) is 0.578. The first-order valence-corrected chi connectivity index (χ1v) is 11.4. The van der Waals surface area contributed by atoms with Gasteiger partial charge in [-0.1, -0.05) is 61.4 Å². The maximum absolute atomic E-state index is 5.20. The maximum Gasteiger partial charge on any atom is 0.170 e. The summed E-state index contributed by atoms with van der Waals surface area (Å²) < 4.78 is 0. The molecule has 0 amide bonds. The van der Waals surface area contributed by atoms with E-state index < -0.39 is 0 Å². The molecule has 1 spiro atoms. The van der Waals surface area contributed by atoms with Gasteiger partial charge in [0, 0.05) is 5.69 Å². The molecule has 0 unspecified atom stereocenters. The third-order valence-corrected chi connectivity index (χ3v) is 6.66. The third-order valence-electron chi connectivity index (χ3n) is 6.02. The van der Waals surface area contributed by atoms with E-state index in [4.69, 9.17) is 9.98 Å². The highest BCUT2D eigenvalue weighted by Crippen LogP contribution is 2.44. The lowest BCUT2D eigenvalue weighted by atomic mass is 9.79. The summed E-state index contributed by atoms with van der Waals surface area (Å²) in [7, 11) is 0. The fourth-order valence-corrected chi connectivity index (χ4v) is 5.23. The summed E-state index contributed by atoms with van der Waals surface area (Å²) in [5.74, 6) is 0.996. The second-order valence-electron chi connectivity index (χ2n) is 8.04. The molecule has 28 heavy (non-hydrogen) atoms. The van der Waals surface area contributed by atoms with Crippen LogP contribution in [-0.2, 0) is 0 Å². The molecule has 0 radical (unpaired) electrons. The zero-order valence-electron chi connectivity index (χ0n) is 17.3. The Bertz CT molecular complexity index is 918. The molecule has 1 aliphatic heterocycles. The number of nitrogens with zero attached hydrogens (tertiary/aromatic N) is 3. The van der Waals surface area contributed by atoms with E-state index in [1.54, 1.807) is 11.8 Å². The van der Waals surface area contributed by atoms with Gasteiger partial charge in [0.1, 0.15) is 5.54 Å².